The lowest BCUT2D eigenvalue weighted by Crippen LogP contribution is -2.32. The first kappa shape index (κ1) is 22.1. The average Bonchev–Trinajstić information content (AvgIpc) is 3.21. The summed E-state index contributed by atoms with van der Waals surface area (Å²) in [6, 6.07) is 7.40. The maximum Gasteiger partial charge on any atom is 0.251 e. The Labute approximate surface area is 194 Å². The van der Waals surface area contributed by atoms with E-state index in [0.29, 0.717) is 28.1 Å². The molecule has 2 atom stereocenters. The van der Waals surface area contributed by atoms with Crippen LogP contribution in [0.2, 0.25) is 0 Å². The number of allylic oxidation sites excluding steroid dienone is 2. The molecule has 0 saturated carbocycles. The fourth-order valence-corrected chi connectivity index (χ4v) is 4.69. The highest BCUT2D eigenvalue weighted by molar-refractivity contribution is 5.98. The van der Waals surface area contributed by atoms with Gasteiger partial charge in [-0.2, -0.15) is 5.10 Å². The van der Waals surface area contributed by atoms with Gasteiger partial charge in [-0.05, 0) is 37.1 Å². The van der Waals surface area contributed by atoms with Crippen molar-refractivity contribution in [3.63, 3.8) is 0 Å². The second kappa shape index (κ2) is 8.60. The molecule has 0 spiro atoms. The van der Waals surface area contributed by atoms with Crippen LogP contribution < -0.4 is 16.8 Å². The standard InChI is InChI=1S/C24H25F2N7O/c25-18-11-24(26,8-7-17(18)22(28)34)10-14-3-5-15(6-4-14)20-19-21(27)30-13-31-23(19)33(32-20)16-2-1-9-29-12-16/h3-8,13,16,29H,1-2,9-12H2,(H2,28,34)(H2,27,30,31)/t16-,24?/m1/s1. The largest absolute Gasteiger partial charge is 0.383 e. The van der Waals surface area contributed by atoms with Crippen molar-refractivity contribution in [3.8, 4) is 11.3 Å². The Morgan fingerprint density at radius 3 is 2.74 bits per heavy atom. The molecule has 2 aliphatic rings. The van der Waals surface area contributed by atoms with Crippen LogP contribution in [0.3, 0.4) is 0 Å². The monoisotopic (exact) mass is 465 g/mol. The predicted molar refractivity (Wildman–Crippen MR) is 125 cm³/mol. The van der Waals surface area contributed by atoms with Gasteiger partial charge in [0.25, 0.3) is 5.91 Å². The molecular weight excluding hydrogens is 440 g/mol. The van der Waals surface area contributed by atoms with E-state index >= 15 is 4.39 Å². The second-order valence-corrected chi connectivity index (χ2v) is 8.85. The smallest absolute Gasteiger partial charge is 0.251 e. The number of primary amides is 1. The normalized spacial score (nSPS) is 22.9. The molecule has 2 aromatic heterocycles. The molecule has 1 amide bonds. The molecule has 1 fully saturated rings. The van der Waals surface area contributed by atoms with Gasteiger partial charge in [0.2, 0.25) is 0 Å². The first-order valence-electron chi connectivity index (χ1n) is 11.2. The van der Waals surface area contributed by atoms with Gasteiger partial charge < -0.3 is 16.8 Å². The third-order valence-electron chi connectivity index (χ3n) is 6.42. The third kappa shape index (κ3) is 4.05. The van der Waals surface area contributed by atoms with Gasteiger partial charge in [-0.3, -0.25) is 4.79 Å². The summed E-state index contributed by atoms with van der Waals surface area (Å²) in [5, 5.41) is 8.92. The zero-order valence-corrected chi connectivity index (χ0v) is 18.5. The molecule has 1 aliphatic heterocycles. The highest BCUT2D eigenvalue weighted by Gasteiger charge is 2.34. The fourth-order valence-electron chi connectivity index (χ4n) is 4.69. The SMILES string of the molecule is NC(=O)C1=C(F)CC(F)(Cc2ccc(-c3nn([C@@H]4CCCNC4)c4ncnc(N)c34)cc2)C=C1. The third-order valence-corrected chi connectivity index (χ3v) is 6.42. The van der Waals surface area contributed by atoms with Gasteiger partial charge in [0.1, 0.15) is 29.3 Å². The predicted octanol–water partition coefficient (Wildman–Crippen LogP) is 2.92. The maximum atomic E-state index is 15.3. The topological polar surface area (TPSA) is 125 Å². The average molecular weight is 466 g/mol. The fraction of sp³-hybridized carbons (Fsp3) is 0.333. The maximum absolute atomic E-state index is 15.3. The van der Waals surface area contributed by atoms with E-state index in [-0.39, 0.29) is 18.0 Å². The molecule has 5 rings (SSSR count). The number of nitrogens with one attached hydrogen (secondary N) is 1. The molecule has 8 nitrogen and oxygen atoms in total. The Kier molecular flexibility index (Phi) is 5.60. The lowest BCUT2D eigenvalue weighted by Gasteiger charge is -2.24. The number of fused-ring (bicyclic) bond motifs is 1. The molecule has 5 N–H and O–H groups in total. The number of aromatic nitrogens is 4. The van der Waals surface area contributed by atoms with E-state index in [1.165, 1.54) is 12.4 Å². The molecule has 0 bridgehead atoms. The Morgan fingerprint density at radius 1 is 1.26 bits per heavy atom. The van der Waals surface area contributed by atoms with Crippen molar-refractivity contribution in [2.75, 3.05) is 18.8 Å². The molecule has 3 heterocycles. The minimum absolute atomic E-state index is 0.0442. The molecule has 1 saturated heterocycles. The second-order valence-electron chi connectivity index (χ2n) is 8.85. The number of nitrogens with two attached hydrogens (primary N) is 2. The molecule has 34 heavy (non-hydrogen) atoms. The van der Waals surface area contributed by atoms with Crippen molar-refractivity contribution in [2.45, 2.75) is 37.4 Å². The van der Waals surface area contributed by atoms with Gasteiger partial charge in [-0.25, -0.2) is 23.4 Å². The number of rotatable bonds is 5. The van der Waals surface area contributed by atoms with Crippen molar-refractivity contribution >= 4 is 22.8 Å². The summed E-state index contributed by atoms with van der Waals surface area (Å²) in [6.07, 6.45) is 5.23. The van der Waals surface area contributed by atoms with E-state index in [1.807, 2.05) is 16.8 Å². The summed E-state index contributed by atoms with van der Waals surface area (Å²) in [7, 11) is 0. The number of alkyl halides is 1. The van der Waals surface area contributed by atoms with Gasteiger partial charge in [0, 0.05) is 24.9 Å². The van der Waals surface area contributed by atoms with E-state index < -0.39 is 23.8 Å². The number of hydrogen-bond donors (Lipinski definition) is 3. The Balaban J connectivity index is 1.44. The highest BCUT2D eigenvalue weighted by Crippen LogP contribution is 2.36. The minimum Gasteiger partial charge on any atom is -0.383 e. The molecule has 176 valence electrons. The zero-order chi connectivity index (χ0) is 23.9. The number of piperidine rings is 1. The van der Waals surface area contributed by atoms with Crippen LogP contribution in [0, 0.1) is 0 Å². The van der Waals surface area contributed by atoms with Crippen molar-refractivity contribution in [1.29, 1.82) is 0 Å². The number of nitrogen functional groups attached to an aromatic ring is 1. The molecule has 3 aromatic rings. The van der Waals surface area contributed by atoms with E-state index in [0.717, 1.165) is 37.6 Å². The number of carbonyl (C=O) groups is 1. The van der Waals surface area contributed by atoms with Crippen LogP contribution in [0.5, 0.6) is 0 Å². The van der Waals surface area contributed by atoms with Gasteiger partial charge in [0.05, 0.1) is 17.0 Å². The quantitative estimate of drug-likeness (QED) is 0.532. The molecular formula is C24H25F2N7O. The summed E-state index contributed by atoms with van der Waals surface area (Å²) in [4.78, 5) is 19.8. The summed E-state index contributed by atoms with van der Waals surface area (Å²) in [5.74, 6) is -1.39. The van der Waals surface area contributed by atoms with Crippen LogP contribution in [0.1, 0.15) is 30.9 Å². The Hall–Kier alpha value is -3.66. The van der Waals surface area contributed by atoms with Crippen LogP contribution in [0.4, 0.5) is 14.6 Å². The van der Waals surface area contributed by atoms with E-state index in [4.69, 9.17) is 16.6 Å². The minimum atomic E-state index is -1.94. The zero-order valence-electron chi connectivity index (χ0n) is 18.5. The van der Waals surface area contributed by atoms with Crippen LogP contribution in [-0.4, -0.2) is 44.4 Å². The highest BCUT2D eigenvalue weighted by atomic mass is 19.1. The number of benzene rings is 1. The van der Waals surface area contributed by atoms with Crippen LogP contribution in [0.25, 0.3) is 22.3 Å². The van der Waals surface area contributed by atoms with Crippen molar-refractivity contribution < 1.29 is 13.6 Å². The Morgan fingerprint density at radius 2 is 2.06 bits per heavy atom. The number of carbonyl (C=O) groups excluding carboxylic acids is 1. The first-order valence-corrected chi connectivity index (χ1v) is 11.2. The number of hydrogen-bond acceptors (Lipinski definition) is 6. The van der Waals surface area contributed by atoms with Crippen molar-refractivity contribution in [3.05, 3.63) is 59.7 Å². The van der Waals surface area contributed by atoms with Crippen molar-refractivity contribution in [2.24, 2.45) is 5.73 Å². The first-order chi connectivity index (χ1) is 16.3. The molecule has 1 unspecified atom stereocenters. The number of amides is 1. The van der Waals surface area contributed by atoms with Crippen molar-refractivity contribution in [1.82, 2.24) is 25.1 Å². The van der Waals surface area contributed by atoms with E-state index in [1.54, 1.807) is 12.1 Å². The van der Waals surface area contributed by atoms with Gasteiger partial charge in [-0.1, -0.05) is 24.3 Å². The van der Waals surface area contributed by atoms with E-state index in [9.17, 15) is 9.18 Å². The van der Waals surface area contributed by atoms with Crippen LogP contribution in [0.15, 0.2) is 54.1 Å². The lowest BCUT2D eigenvalue weighted by atomic mass is 9.87. The summed E-state index contributed by atoms with van der Waals surface area (Å²) in [5.41, 5.74) is 11.9. The molecule has 10 heteroatoms. The van der Waals surface area contributed by atoms with Crippen LogP contribution >= 0.6 is 0 Å². The number of nitrogens with zero attached hydrogens (tertiary/aromatic N) is 4. The summed E-state index contributed by atoms with van der Waals surface area (Å²) >= 11 is 0. The summed E-state index contributed by atoms with van der Waals surface area (Å²) < 4.78 is 31.4. The summed E-state index contributed by atoms with van der Waals surface area (Å²) in [6.45, 7) is 1.78. The number of halogens is 2. The van der Waals surface area contributed by atoms with E-state index in [2.05, 4.69) is 15.3 Å². The van der Waals surface area contributed by atoms with Gasteiger partial charge >= 0.3 is 0 Å². The Bertz CT molecular complexity index is 1310. The molecule has 1 aliphatic carbocycles. The van der Waals surface area contributed by atoms with Gasteiger partial charge in [0.15, 0.2) is 5.65 Å². The lowest BCUT2D eigenvalue weighted by molar-refractivity contribution is -0.114. The molecule has 0 radical (unpaired) electrons. The van der Waals surface area contributed by atoms with Crippen LogP contribution in [-0.2, 0) is 11.2 Å². The number of anilines is 1. The van der Waals surface area contributed by atoms with Gasteiger partial charge in [-0.15, -0.1) is 0 Å². The molecule has 1 aromatic carbocycles.